The smallest absolute Gasteiger partial charge is 0.183 e. The molecule has 0 aliphatic carbocycles. The van der Waals surface area contributed by atoms with Crippen LogP contribution < -0.4 is 0 Å². The van der Waals surface area contributed by atoms with Gasteiger partial charge in [-0.2, -0.15) is 0 Å². The number of hydrogen-bond acceptors (Lipinski definition) is 2. The normalized spacial score (nSPS) is 20.9. The number of ether oxygens (including phenoxy) is 2. The molecule has 0 amide bonds. The summed E-state index contributed by atoms with van der Waals surface area (Å²) in [6, 6.07) is 12.6. The third-order valence-corrected chi connectivity index (χ3v) is 4.53. The fraction of sp³-hybridized carbons (Fsp3) is 0.333. The van der Waals surface area contributed by atoms with Crippen LogP contribution in [0.4, 0.5) is 4.39 Å². The minimum absolute atomic E-state index is 0.131. The number of benzene rings is 2. The fourth-order valence-electron chi connectivity index (χ4n) is 2.79. The summed E-state index contributed by atoms with van der Waals surface area (Å²) in [6.07, 6.45) is 6.27. The average Bonchev–Trinajstić information content (AvgIpc) is 2.65. The van der Waals surface area contributed by atoms with Crippen LogP contribution in [0, 0.1) is 11.7 Å². The van der Waals surface area contributed by atoms with E-state index in [-0.39, 0.29) is 11.3 Å². The largest absolute Gasteiger partial charge is 0.348 e. The van der Waals surface area contributed by atoms with Crippen LogP contribution in [0.5, 0.6) is 0 Å². The first-order valence-corrected chi connectivity index (χ1v) is 9.00. The molecule has 4 heteroatoms. The molecule has 2 nitrogen and oxygen atoms in total. The van der Waals surface area contributed by atoms with Crippen molar-refractivity contribution >= 4 is 11.6 Å². The maximum Gasteiger partial charge on any atom is 0.183 e. The molecule has 0 unspecified atom stereocenters. The molecule has 0 saturated carbocycles. The summed E-state index contributed by atoms with van der Waals surface area (Å²) in [5.74, 6) is -0.0940. The second-order valence-electron chi connectivity index (χ2n) is 6.23. The van der Waals surface area contributed by atoms with E-state index >= 15 is 0 Å². The van der Waals surface area contributed by atoms with Crippen molar-refractivity contribution in [2.45, 2.75) is 26.1 Å². The van der Waals surface area contributed by atoms with Gasteiger partial charge in [0, 0.05) is 11.5 Å². The SMILES string of the molecule is CCC/C=C/C1COC(c2ccc(-c3ccc(Cl)c(F)c3)cc2)OC1. The molecule has 1 aliphatic heterocycles. The van der Waals surface area contributed by atoms with Gasteiger partial charge in [-0.1, -0.05) is 67.4 Å². The van der Waals surface area contributed by atoms with Gasteiger partial charge in [0.1, 0.15) is 5.82 Å². The van der Waals surface area contributed by atoms with Gasteiger partial charge in [0.2, 0.25) is 0 Å². The minimum atomic E-state index is -0.413. The highest BCUT2D eigenvalue weighted by atomic mass is 35.5. The summed E-state index contributed by atoms with van der Waals surface area (Å²) < 4.78 is 25.3. The molecule has 1 fully saturated rings. The molecular weight excluding hydrogens is 339 g/mol. The lowest BCUT2D eigenvalue weighted by Gasteiger charge is -2.28. The highest BCUT2D eigenvalue weighted by Gasteiger charge is 2.21. The van der Waals surface area contributed by atoms with Gasteiger partial charge in [0.15, 0.2) is 6.29 Å². The Morgan fingerprint density at radius 3 is 2.40 bits per heavy atom. The van der Waals surface area contributed by atoms with Crippen LogP contribution in [0.15, 0.2) is 54.6 Å². The van der Waals surface area contributed by atoms with Crippen molar-refractivity contribution in [3.05, 3.63) is 71.0 Å². The molecule has 3 rings (SSSR count). The van der Waals surface area contributed by atoms with E-state index in [4.69, 9.17) is 21.1 Å². The molecule has 0 atom stereocenters. The van der Waals surface area contributed by atoms with Crippen LogP contribution in [-0.2, 0) is 9.47 Å². The Labute approximate surface area is 153 Å². The van der Waals surface area contributed by atoms with Gasteiger partial charge in [-0.25, -0.2) is 4.39 Å². The first-order chi connectivity index (χ1) is 12.2. The third-order valence-electron chi connectivity index (χ3n) is 4.22. The highest BCUT2D eigenvalue weighted by Crippen LogP contribution is 2.29. The van der Waals surface area contributed by atoms with Gasteiger partial charge in [-0.3, -0.25) is 0 Å². The van der Waals surface area contributed by atoms with E-state index in [9.17, 15) is 4.39 Å². The van der Waals surface area contributed by atoms with Crippen LogP contribution in [0.1, 0.15) is 31.6 Å². The topological polar surface area (TPSA) is 18.5 Å². The predicted molar refractivity (Wildman–Crippen MR) is 99.0 cm³/mol. The zero-order valence-corrected chi connectivity index (χ0v) is 15.0. The van der Waals surface area contributed by atoms with Crippen LogP contribution in [-0.4, -0.2) is 13.2 Å². The Balaban J connectivity index is 1.62. The third kappa shape index (κ3) is 4.69. The molecule has 0 N–H and O–H groups in total. The van der Waals surface area contributed by atoms with Crippen molar-refractivity contribution in [1.82, 2.24) is 0 Å². The van der Waals surface area contributed by atoms with Crippen molar-refractivity contribution < 1.29 is 13.9 Å². The van der Waals surface area contributed by atoms with Crippen molar-refractivity contribution in [3.8, 4) is 11.1 Å². The second kappa shape index (κ2) is 8.61. The van der Waals surface area contributed by atoms with Crippen molar-refractivity contribution in [3.63, 3.8) is 0 Å². The Kier molecular flexibility index (Phi) is 6.24. The number of rotatable bonds is 5. The molecule has 1 aliphatic rings. The second-order valence-corrected chi connectivity index (χ2v) is 6.63. The lowest BCUT2D eigenvalue weighted by atomic mass is 10.0. The van der Waals surface area contributed by atoms with Crippen molar-refractivity contribution in [2.24, 2.45) is 5.92 Å². The van der Waals surface area contributed by atoms with Gasteiger partial charge < -0.3 is 9.47 Å². The first-order valence-electron chi connectivity index (χ1n) is 8.62. The maximum absolute atomic E-state index is 13.6. The molecule has 0 aromatic heterocycles. The number of hydrogen-bond donors (Lipinski definition) is 0. The summed E-state index contributed by atoms with van der Waals surface area (Å²) >= 11 is 5.73. The summed E-state index contributed by atoms with van der Waals surface area (Å²) in [6.45, 7) is 3.49. The van der Waals surface area contributed by atoms with Crippen molar-refractivity contribution in [1.29, 1.82) is 0 Å². The average molecular weight is 361 g/mol. The molecule has 1 heterocycles. The van der Waals surface area contributed by atoms with Gasteiger partial charge in [0.25, 0.3) is 0 Å². The lowest BCUT2D eigenvalue weighted by Crippen LogP contribution is -2.25. The number of halogens is 2. The molecule has 2 aromatic carbocycles. The van der Waals surface area contributed by atoms with Gasteiger partial charge >= 0.3 is 0 Å². The lowest BCUT2D eigenvalue weighted by molar-refractivity contribution is -0.197. The van der Waals surface area contributed by atoms with E-state index in [1.165, 1.54) is 6.07 Å². The Bertz CT molecular complexity index is 719. The summed E-state index contributed by atoms with van der Waals surface area (Å²) in [5.41, 5.74) is 2.68. The summed E-state index contributed by atoms with van der Waals surface area (Å²) in [7, 11) is 0. The summed E-state index contributed by atoms with van der Waals surface area (Å²) in [5, 5.41) is 0.131. The van der Waals surface area contributed by atoms with Crippen LogP contribution in [0.25, 0.3) is 11.1 Å². The van der Waals surface area contributed by atoms with E-state index < -0.39 is 5.82 Å². The molecule has 0 spiro atoms. The molecule has 2 aromatic rings. The Morgan fingerprint density at radius 1 is 1.08 bits per heavy atom. The van der Waals surface area contributed by atoms with E-state index in [1.54, 1.807) is 12.1 Å². The molecule has 0 radical (unpaired) electrons. The minimum Gasteiger partial charge on any atom is -0.348 e. The van der Waals surface area contributed by atoms with Gasteiger partial charge in [-0.15, -0.1) is 0 Å². The standard InChI is InChI=1S/C21H22ClFO2/c1-2-3-4-5-15-13-24-21(25-14-15)17-8-6-16(7-9-17)18-10-11-19(22)20(23)12-18/h4-12,15,21H,2-3,13-14H2,1H3/b5-4+. The molecule has 0 bridgehead atoms. The van der Waals surface area contributed by atoms with E-state index in [0.717, 1.165) is 29.5 Å². The van der Waals surface area contributed by atoms with Gasteiger partial charge in [-0.05, 0) is 29.7 Å². The monoisotopic (exact) mass is 360 g/mol. The summed E-state index contributed by atoms with van der Waals surface area (Å²) in [4.78, 5) is 0. The van der Waals surface area contributed by atoms with Crippen LogP contribution in [0.2, 0.25) is 5.02 Å². The highest BCUT2D eigenvalue weighted by molar-refractivity contribution is 6.30. The molecule has 1 saturated heterocycles. The van der Waals surface area contributed by atoms with E-state index in [1.807, 2.05) is 24.3 Å². The zero-order valence-electron chi connectivity index (χ0n) is 14.3. The van der Waals surface area contributed by atoms with E-state index in [0.29, 0.717) is 19.1 Å². The van der Waals surface area contributed by atoms with Gasteiger partial charge in [0.05, 0.1) is 18.2 Å². The fourth-order valence-corrected chi connectivity index (χ4v) is 2.90. The number of unbranched alkanes of at least 4 members (excludes halogenated alkanes) is 1. The predicted octanol–water partition coefficient (Wildman–Crippen LogP) is 6.16. The first kappa shape index (κ1) is 18.1. The van der Waals surface area contributed by atoms with E-state index in [2.05, 4.69) is 19.1 Å². The Morgan fingerprint density at radius 2 is 1.76 bits per heavy atom. The quantitative estimate of drug-likeness (QED) is 0.594. The zero-order chi connectivity index (χ0) is 17.6. The Hall–Kier alpha value is -1.68. The number of allylic oxidation sites excluding steroid dienone is 1. The van der Waals surface area contributed by atoms with Crippen LogP contribution in [0.3, 0.4) is 0 Å². The molecular formula is C21H22ClFO2. The molecule has 132 valence electrons. The van der Waals surface area contributed by atoms with Crippen molar-refractivity contribution in [2.75, 3.05) is 13.2 Å². The molecule has 25 heavy (non-hydrogen) atoms. The van der Waals surface area contributed by atoms with Crippen LogP contribution >= 0.6 is 11.6 Å². The maximum atomic E-state index is 13.6.